The largest absolute Gasteiger partial charge is 0.507 e. The summed E-state index contributed by atoms with van der Waals surface area (Å²) in [5.41, 5.74) is 0.0696. The molecule has 0 saturated carbocycles. The monoisotopic (exact) mass is 227 g/mol. The van der Waals surface area contributed by atoms with Gasteiger partial charge in [0.1, 0.15) is 5.75 Å². The van der Waals surface area contributed by atoms with Crippen LogP contribution in [0.4, 0.5) is 8.78 Å². The van der Waals surface area contributed by atoms with E-state index in [1.54, 1.807) is 12.1 Å². The number of amides is 1. The molecule has 5 heteroatoms. The Labute approximate surface area is 91.3 Å². The molecule has 0 radical (unpaired) electrons. The van der Waals surface area contributed by atoms with Crippen molar-refractivity contribution in [3.05, 3.63) is 29.8 Å². The van der Waals surface area contributed by atoms with Crippen LogP contribution in [0.25, 0.3) is 0 Å². The van der Waals surface area contributed by atoms with E-state index < -0.39 is 18.4 Å². The molecule has 1 aromatic rings. The predicted molar refractivity (Wildman–Crippen MR) is 53.6 cm³/mol. The van der Waals surface area contributed by atoms with Crippen molar-refractivity contribution < 1.29 is 18.7 Å². The van der Waals surface area contributed by atoms with Crippen molar-refractivity contribution in [3.8, 4) is 5.75 Å². The van der Waals surface area contributed by atoms with Gasteiger partial charge in [0.15, 0.2) is 0 Å². The molecule has 0 aromatic heterocycles. The Hall–Kier alpha value is -1.65. The van der Waals surface area contributed by atoms with Crippen molar-refractivity contribution in [1.82, 2.24) is 4.90 Å². The number of alkyl halides is 2. The van der Waals surface area contributed by atoms with Gasteiger partial charge in [-0.2, -0.15) is 0 Å². The summed E-state index contributed by atoms with van der Waals surface area (Å²) >= 11 is 0. The third-order valence-corrected chi connectivity index (χ3v) is 2.59. The van der Waals surface area contributed by atoms with Gasteiger partial charge in [-0.25, -0.2) is 8.78 Å². The number of hydrogen-bond donors (Lipinski definition) is 1. The predicted octanol–water partition coefficient (Wildman–Crippen LogP) is 1.87. The van der Waals surface area contributed by atoms with Crippen molar-refractivity contribution in [2.24, 2.45) is 0 Å². The quantitative estimate of drug-likeness (QED) is 0.795. The second-order valence-electron chi connectivity index (χ2n) is 3.85. The summed E-state index contributed by atoms with van der Waals surface area (Å²) in [6.07, 6.45) is -0.313. The Morgan fingerprint density at radius 1 is 1.38 bits per heavy atom. The van der Waals surface area contributed by atoms with Gasteiger partial charge >= 0.3 is 0 Å². The summed E-state index contributed by atoms with van der Waals surface area (Å²) in [7, 11) is 0. The van der Waals surface area contributed by atoms with E-state index in [-0.39, 0.29) is 24.3 Å². The van der Waals surface area contributed by atoms with E-state index in [2.05, 4.69) is 0 Å². The summed E-state index contributed by atoms with van der Waals surface area (Å²) in [6.45, 7) is -0.541. The average Bonchev–Trinajstić information content (AvgIpc) is 2.59. The lowest BCUT2D eigenvalue weighted by atomic mass is 10.2. The summed E-state index contributed by atoms with van der Waals surface area (Å²) in [5.74, 6) is -3.53. The Morgan fingerprint density at radius 2 is 2.06 bits per heavy atom. The van der Waals surface area contributed by atoms with Gasteiger partial charge in [0, 0.05) is 13.0 Å². The first-order chi connectivity index (χ1) is 7.49. The van der Waals surface area contributed by atoms with Crippen molar-refractivity contribution >= 4 is 5.91 Å². The average molecular weight is 227 g/mol. The van der Waals surface area contributed by atoms with E-state index >= 15 is 0 Å². The van der Waals surface area contributed by atoms with E-state index in [1.165, 1.54) is 12.1 Å². The Morgan fingerprint density at radius 3 is 2.62 bits per heavy atom. The third-order valence-electron chi connectivity index (χ3n) is 2.59. The molecule has 1 amide bonds. The number of carbonyl (C=O) groups excluding carboxylic acids is 1. The smallest absolute Gasteiger partial charge is 0.267 e. The number of aromatic hydroxyl groups is 1. The minimum atomic E-state index is -2.81. The van der Waals surface area contributed by atoms with Crippen LogP contribution in [0, 0.1) is 0 Å². The molecule has 16 heavy (non-hydrogen) atoms. The van der Waals surface area contributed by atoms with Crippen molar-refractivity contribution in [2.45, 2.75) is 12.3 Å². The molecular formula is C11H11F2NO2. The maximum absolute atomic E-state index is 12.9. The first-order valence-corrected chi connectivity index (χ1v) is 4.95. The number of phenols is 1. The van der Waals surface area contributed by atoms with Crippen molar-refractivity contribution in [2.75, 3.05) is 13.1 Å². The van der Waals surface area contributed by atoms with E-state index in [0.29, 0.717) is 0 Å². The SMILES string of the molecule is O=C(c1ccccc1O)N1CCC(F)(F)C1. The van der Waals surface area contributed by atoms with Crippen LogP contribution in [0.1, 0.15) is 16.8 Å². The van der Waals surface area contributed by atoms with Gasteiger partial charge in [0.25, 0.3) is 11.8 Å². The number of phenolic OH excluding ortho intramolecular Hbond substituents is 1. The number of nitrogens with zero attached hydrogens (tertiary/aromatic N) is 1. The molecule has 1 N–H and O–H groups in total. The number of rotatable bonds is 1. The second-order valence-corrected chi connectivity index (χ2v) is 3.85. The minimum Gasteiger partial charge on any atom is -0.507 e. The number of halogens is 2. The van der Waals surface area contributed by atoms with Crippen molar-refractivity contribution in [3.63, 3.8) is 0 Å². The molecule has 0 atom stereocenters. The lowest BCUT2D eigenvalue weighted by Crippen LogP contribution is -2.31. The summed E-state index contributed by atoms with van der Waals surface area (Å²) in [4.78, 5) is 12.9. The second kappa shape index (κ2) is 3.73. The standard InChI is InChI=1S/C11H11F2NO2/c12-11(13)5-6-14(7-11)10(16)8-3-1-2-4-9(8)15/h1-4,15H,5-7H2. The molecular weight excluding hydrogens is 216 g/mol. The number of benzene rings is 1. The zero-order chi connectivity index (χ0) is 11.8. The maximum atomic E-state index is 12.9. The van der Waals surface area contributed by atoms with E-state index in [1.807, 2.05) is 0 Å². The number of likely N-dealkylation sites (tertiary alicyclic amines) is 1. The van der Waals surface area contributed by atoms with Gasteiger partial charge in [-0.3, -0.25) is 4.79 Å². The fraction of sp³-hybridized carbons (Fsp3) is 0.364. The van der Waals surface area contributed by atoms with Crippen LogP contribution in [0.3, 0.4) is 0 Å². The first-order valence-electron chi connectivity index (χ1n) is 4.95. The molecule has 86 valence electrons. The van der Waals surface area contributed by atoms with Crippen LogP contribution < -0.4 is 0 Å². The van der Waals surface area contributed by atoms with E-state index in [4.69, 9.17) is 0 Å². The molecule has 0 bridgehead atoms. The van der Waals surface area contributed by atoms with Gasteiger partial charge in [-0.05, 0) is 12.1 Å². The van der Waals surface area contributed by atoms with Gasteiger partial charge in [-0.1, -0.05) is 12.1 Å². The highest BCUT2D eigenvalue weighted by Crippen LogP contribution is 2.29. The van der Waals surface area contributed by atoms with Gasteiger partial charge < -0.3 is 10.0 Å². The highest BCUT2D eigenvalue weighted by atomic mass is 19.3. The number of hydrogen-bond acceptors (Lipinski definition) is 2. The molecule has 1 aliphatic heterocycles. The third kappa shape index (κ3) is 1.98. The fourth-order valence-electron chi connectivity index (χ4n) is 1.73. The lowest BCUT2D eigenvalue weighted by Gasteiger charge is -2.16. The maximum Gasteiger partial charge on any atom is 0.267 e. The molecule has 1 fully saturated rings. The molecule has 1 heterocycles. The summed E-state index contributed by atoms with van der Waals surface area (Å²) in [5, 5.41) is 9.44. The van der Waals surface area contributed by atoms with Crippen LogP contribution in [0.15, 0.2) is 24.3 Å². The lowest BCUT2D eigenvalue weighted by molar-refractivity contribution is 0.0119. The first kappa shape index (κ1) is 10.9. The molecule has 0 aliphatic carbocycles. The van der Waals surface area contributed by atoms with Crippen molar-refractivity contribution in [1.29, 1.82) is 0 Å². The van der Waals surface area contributed by atoms with E-state index in [9.17, 15) is 18.7 Å². The minimum absolute atomic E-state index is 0.0279. The van der Waals surface area contributed by atoms with Crippen LogP contribution >= 0.6 is 0 Å². The normalized spacial score (nSPS) is 18.8. The molecule has 2 rings (SSSR count). The highest BCUT2D eigenvalue weighted by Gasteiger charge is 2.40. The fourth-order valence-corrected chi connectivity index (χ4v) is 1.73. The number of carbonyl (C=O) groups is 1. The summed E-state index contributed by atoms with van der Waals surface area (Å²) < 4.78 is 25.8. The Bertz CT molecular complexity index is 420. The van der Waals surface area contributed by atoms with Gasteiger partial charge in [-0.15, -0.1) is 0 Å². The summed E-state index contributed by atoms with van der Waals surface area (Å²) in [6, 6.07) is 5.95. The van der Waals surface area contributed by atoms with Gasteiger partial charge in [0.05, 0.1) is 12.1 Å². The Kier molecular flexibility index (Phi) is 2.53. The number of para-hydroxylation sites is 1. The van der Waals surface area contributed by atoms with Crippen LogP contribution in [-0.2, 0) is 0 Å². The molecule has 0 spiro atoms. The zero-order valence-electron chi connectivity index (χ0n) is 8.49. The van der Waals surface area contributed by atoms with Crippen LogP contribution in [0.5, 0.6) is 5.75 Å². The Balaban J connectivity index is 2.18. The highest BCUT2D eigenvalue weighted by molar-refractivity contribution is 5.97. The van der Waals surface area contributed by atoms with Crippen LogP contribution in [0.2, 0.25) is 0 Å². The topological polar surface area (TPSA) is 40.5 Å². The van der Waals surface area contributed by atoms with E-state index in [0.717, 1.165) is 4.90 Å². The molecule has 3 nitrogen and oxygen atoms in total. The zero-order valence-corrected chi connectivity index (χ0v) is 8.49. The van der Waals surface area contributed by atoms with Gasteiger partial charge in [0.2, 0.25) is 0 Å². The van der Waals surface area contributed by atoms with Crippen LogP contribution in [-0.4, -0.2) is 34.9 Å². The molecule has 1 aromatic carbocycles. The molecule has 0 unspecified atom stereocenters. The molecule has 1 aliphatic rings. The molecule has 1 saturated heterocycles.